The number of benzene rings is 1. The molecule has 0 saturated carbocycles. The van der Waals surface area contributed by atoms with Crippen LogP contribution in [0, 0.1) is 0 Å². The van der Waals surface area contributed by atoms with E-state index in [0.717, 1.165) is 19.4 Å². The van der Waals surface area contributed by atoms with Gasteiger partial charge in [0.1, 0.15) is 0 Å². The fourth-order valence-electron chi connectivity index (χ4n) is 2.51. The predicted octanol–water partition coefficient (Wildman–Crippen LogP) is 2.90. The summed E-state index contributed by atoms with van der Waals surface area (Å²) in [5.41, 5.74) is 0.294. The van der Waals surface area contributed by atoms with Crippen LogP contribution >= 0.6 is 23.2 Å². The van der Waals surface area contributed by atoms with Crippen LogP contribution < -0.4 is 5.56 Å². The van der Waals surface area contributed by atoms with Crippen molar-refractivity contribution in [2.45, 2.75) is 25.5 Å². The van der Waals surface area contributed by atoms with E-state index in [0.29, 0.717) is 40.7 Å². The van der Waals surface area contributed by atoms with Crippen molar-refractivity contribution in [3.8, 4) is 0 Å². The van der Waals surface area contributed by atoms with Gasteiger partial charge in [-0.25, -0.2) is 4.98 Å². The lowest BCUT2D eigenvalue weighted by atomic mass is 10.2. The summed E-state index contributed by atoms with van der Waals surface area (Å²) in [4.78, 5) is 16.6. The minimum absolute atomic E-state index is 0.171. The van der Waals surface area contributed by atoms with Gasteiger partial charge in [0.15, 0.2) is 0 Å². The van der Waals surface area contributed by atoms with Gasteiger partial charge in [-0.3, -0.25) is 9.36 Å². The summed E-state index contributed by atoms with van der Waals surface area (Å²) in [5, 5.41) is 1.21. The van der Waals surface area contributed by atoms with Crippen molar-refractivity contribution in [2.24, 2.45) is 0 Å². The van der Waals surface area contributed by atoms with E-state index >= 15 is 0 Å². The van der Waals surface area contributed by atoms with Crippen LogP contribution in [0.2, 0.25) is 10.0 Å². The van der Waals surface area contributed by atoms with Crippen LogP contribution in [-0.2, 0) is 16.0 Å². The third-order valence-corrected chi connectivity index (χ3v) is 4.16. The van der Waals surface area contributed by atoms with E-state index in [1.807, 2.05) is 0 Å². The molecule has 2 aromatic rings. The smallest absolute Gasteiger partial charge is 0.261 e. The molecule has 5 nitrogen and oxygen atoms in total. The largest absolute Gasteiger partial charge is 0.377 e. The first-order chi connectivity index (χ1) is 10.6. The van der Waals surface area contributed by atoms with E-state index < -0.39 is 0 Å². The molecule has 0 radical (unpaired) electrons. The standard InChI is InChI=1S/C15H16Cl2N2O3/c16-10-6-12-14(13(17)7-10)18-9-19(15(12)20)3-5-21-8-11-2-1-4-22-11/h6-7,9,11H,1-5,8H2/t11-/m0/s1. The molecule has 1 aliphatic rings. The van der Waals surface area contributed by atoms with Gasteiger partial charge >= 0.3 is 0 Å². The molecule has 0 spiro atoms. The molecule has 1 atom stereocenters. The quantitative estimate of drug-likeness (QED) is 0.784. The highest BCUT2D eigenvalue weighted by atomic mass is 35.5. The topological polar surface area (TPSA) is 53.4 Å². The Kier molecular flexibility index (Phi) is 4.98. The maximum Gasteiger partial charge on any atom is 0.261 e. The number of nitrogens with zero attached hydrogens (tertiary/aromatic N) is 2. The Balaban J connectivity index is 1.68. The van der Waals surface area contributed by atoms with E-state index in [-0.39, 0.29) is 11.7 Å². The molecule has 22 heavy (non-hydrogen) atoms. The van der Waals surface area contributed by atoms with Gasteiger partial charge in [0, 0.05) is 11.6 Å². The van der Waals surface area contributed by atoms with Crippen LogP contribution in [-0.4, -0.2) is 35.5 Å². The van der Waals surface area contributed by atoms with Crippen molar-refractivity contribution < 1.29 is 9.47 Å². The van der Waals surface area contributed by atoms with E-state index in [1.165, 1.54) is 10.9 Å². The first-order valence-electron chi connectivity index (χ1n) is 7.18. The molecule has 0 amide bonds. The fraction of sp³-hybridized carbons (Fsp3) is 0.467. The minimum atomic E-state index is -0.171. The van der Waals surface area contributed by atoms with Crippen LogP contribution in [0.25, 0.3) is 10.9 Å². The van der Waals surface area contributed by atoms with E-state index in [1.54, 1.807) is 12.1 Å². The SMILES string of the molecule is O=c1c2cc(Cl)cc(Cl)c2ncn1CCOC[C@@H]1CCCO1. The lowest BCUT2D eigenvalue weighted by molar-refractivity contribution is 0.0146. The van der Waals surface area contributed by atoms with Gasteiger partial charge in [0.05, 0.1) is 48.1 Å². The van der Waals surface area contributed by atoms with E-state index in [9.17, 15) is 4.79 Å². The third-order valence-electron chi connectivity index (χ3n) is 3.65. The summed E-state index contributed by atoms with van der Waals surface area (Å²) < 4.78 is 12.6. The molecule has 0 N–H and O–H groups in total. The zero-order valence-corrected chi connectivity index (χ0v) is 13.4. The molecule has 1 aromatic heterocycles. The molecule has 2 heterocycles. The number of hydrogen-bond acceptors (Lipinski definition) is 4. The molecule has 0 aliphatic carbocycles. The number of halogens is 2. The monoisotopic (exact) mass is 342 g/mol. The number of hydrogen-bond donors (Lipinski definition) is 0. The maximum atomic E-state index is 12.4. The molecule has 1 saturated heterocycles. The number of ether oxygens (including phenoxy) is 2. The Morgan fingerprint density at radius 2 is 2.27 bits per heavy atom. The summed E-state index contributed by atoms with van der Waals surface area (Å²) in [6.45, 7) is 2.23. The zero-order valence-electron chi connectivity index (χ0n) is 11.9. The lowest BCUT2D eigenvalue weighted by Crippen LogP contribution is -2.24. The van der Waals surface area contributed by atoms with Crippen LogP contribution in [0.4, 0.5) is 0 Å². The normalized spacial score (nSPS) is 18.2. The number of fused-ring (bicyclic) bond motifs is 1. The van der Waals surface area contributed by atoms with Crippen molar-refractivity contribution in [3.63, 3.8) is 0 Å². The average molecular weight is 343 g/mol. The summed E-state index contributed by atoms with van der Waals surface area (Å²) in [6, 6.07) is 3.16. The summed E-state index contributed by atoms with van der Waals surface area (Å²) in [7, 11) is 0. The first-order valence-corrected chi connectivity index (χ1v) is 7.94. The molecule has 0 bridgehead atoms. The molecular weight excluding hydrogens is 327 g/mol. The molecule has 1 aromatic carbocycles. The van der Waals surface area contributed by atoms with Crippen molar-refractivity contribution in [3.05, 3.63) is 38.9 Å². The van der Waals surface area contributed by atoms with Gasteiger partial charge < -0.3 is 9.47 Å². The Morgan fingerprint density at radius 1 is 1.41 bits per heavy atom. The minimum Gasteiger partial charge on any atom is -0.377 e. The highest BCUT2D eigenvalue weighted by Gasteiger charge is 2.15. The van der Waals surface area contributed by atoms with Gasteiger partial charge in [-0.2, -0.15) is 0 Å². The molecule has 1 aliphatic heterocycles. The van der Waals surface area contributed by atoms with Gasteiger partial charge in [0.25, 0.3) is 5.56 Å². The average Bonchev–Trinajstić information content (AvgIpc) is 2.99. The van der Waals surface area contributed by atoms with Gasteiger partial charge in [0.2, 0.25) is 0 Å². The van der Waals surface area contributed by atoms with Crippen molar-refractivity contribution in [1.29, 1.82) is 0 Å². The van der Waals surface area contributed by atoms with E-state index in [2.05, 4.69) is 4.98 Å². The number of rotatable bonds is 5. The Labute approximate surface area is 137 Å². The second-order valence-corrected chi connectivity index (χ2v) is 6.08. The zero-order chi connectivity index (χ0) is 15.5. The predicted molar refractivity (Wildman–Crippen MR) is 85.8 cm³/mol. The molecule has 118 valence electrons. The molecule has 7 heteroatoms. The molecule has 0 unspecified atom stereocenters. The van der Waals surface area contributed by atoms with Crippen molar-refractivity contribution in [2.75, 3.05) is 19.8 Å². The molecular formula is C15H16Cl2N2O3. The van der Waals surface area contributed by atoms with Crippen molar-refractivity contribution >= 4 is 34.1 Å². The van der Waals surface area contributed by atoms with Gasteiger partial charge in [-0.15, -0.1) is 0 Å². The lowest BCUT2D eigenvalue weighted by Gasteiger charge is -2.11. The Hall–Kier alpha value is -1.14. The maximum absolute atomic E-state index is 12.4. The highest BCUT2D eigenvalue weighted by Crippen LogP contribution is 2.23. The van der Waals surface area contributed by atoms with Crippen LogP contribution in [0.1, 0.15) is 12.8 Å². The second-order valence-electron chi connectivity index (χ2n) is 5.24. The van der Waals surface area contributed by atoms with Crippen LogP contribution in [0.5, 0.6) is 0 Å². The van der Waals surface area contributed by atoms with Gasteiger partial charge in [-0.05, 0) is 25.0 Å². The number of aromatic nitrogens is 2. The van der Waals surface area contributed by atoms with Gasteiger partial charge in [-0.1, -0.05) is 23.2 Å². The molecule has 3 rings (SSSR count). The van der Waals surface area contributed by atoms with Crippen LogP contribution in [0.15, 0.2) is 23.3 Å². The fourth-order valence-corrected chi connectivity index (χ4v) is 3.05. The Bertz CT molecular complexity index is 727. The summed E-state index contributed by atoms with van der Waals surface area (Å²) in [5.74, 6) is 0. The van der Waals surface area contributed by atoms with Crippen molar-refractivity contribution in [1.82, 2.24) is 9.55 Å². The third kappa shape index (κ3) is 3.43. The summed E-state index contributed by atoms with van der Waals surface area (Å²) >= 11 is 12.0. The second kappa shape index (κ2) is 6.96. The Morgan fingerprint density at radius 3 is 3.05 bits per heavy atom. The van der Waals surface area contributed by atoms with Crippen LogP contribution in [0.3, 0.4) is 0 Å². The first kappa shape index (κ1) is 15.7. The summed E-state index contributed by atoms with van der Waals surface area (Å²) in [6.07, 6.45) is 3.79. The molecule has 1 fully saturated rings. The highest BCUT2D eigenvalue weighted by molar-refractivity contribution is 6.38. The van der Waals surface area contributed by atoms with E-state index in [4.69, 9.17) is 32.7 Å².